The molecule has 1 unspecified atom stereocenters. The maximum absolute atomic E-state index is 11.2. The molecule has 0 aliphatic heterocycles. The number of aliphatic carboxylic acids is 1. The summed E-state index contributed by atoms with van der Waals surface area (Å²) in [5, 5.41) is 9.20. The molecule has 0 aromatic carbocycles. The molecule has 19 heavy (non-hydrogen) atoms. The van der Waals surface area contributed by atoms with Gasteiger partial charge in [-0.05, 0) is 6.42 Å². The Labute approximate surface area is 115 Å². The summed E-state index contributed by atoms with van der Waals surface area (Å²) in [5.74, 6) is -0.763. The van der Waals surface area contributed by atoms with Gasteiger partial charge in [-0.1, -0.05) is 58.3 Å². The van der Waals surface area contributed by atoms with Crippen molar-refractivity contribution in [3.05, 3.63) is 18.7 Å². The zero-order valence-electron chi connectivity index (χ0n) is 11.9. The first-order valence-corrected chi connectivity index (χ1v) is 7.46. The zero-order valence-corrected chi connectivity index (χ0v) is 11.9. The predicted octanol–water partition coefficient (Wildman–Crippen LogP) is 4.04. The van der Waals surface area contributed by atoms with Crippen molar-refractivity contribution in [3.8, 4) is 0 Å². The van der Waals surface area contributed by atoms with Gasteiger partial charge in [-0.15, -0.1) is 0 Å². The molecule has 0 saturated heterocycles. The lowest BCUT2D eigenvalue weighted by molar-refractivity contribution is -0.141. The summed E-state index contributed by atoms with van der Waals surface area (Å²) in [5.41, 5.74) is 0. The highest BCUT2D eigenvalue weighted by molar-refractivity contribution is 5.71. The van der Waals surface area contributed by atoms with Gasteiger partial charge in [0.25, 0.3) is 0 Å². The lowest BCUT2D eigenvalue weighted by Gasteiger charge is -2.13. The molecule has 0 spiro atoms. The standard InChI is InChI=1S/C15H26N2O2/c1-2-3-4-5-6-7-8-9-10-14(15(18)19)17-12-11-16-13-17/h11-14H,2-10H2,1H3,(H,18,19). The van der Waals surface area contributed by atoms with Crippen molar-refractivity contribution in [2.75, 3.05) is 0 Å². The van der Waals surface area contributed by atoms with Crippen LogP contribution in [0.1, 0.15) is 70.8 Å². The first kappa shape index (κ1) is 15.7. The number of carbonyl (C=O) groups is 1. The number of hydrogen-bond acceptors (Lipinski definition) is 2. The van der Waals surface area contributed by atoms with E-state index >= 15 is 0 Å². The fourth-order valence-electron chi connectivity index (χ4n) is 2.33. The molecular weight excluding hydrogens is 240 g/mol. The van der Waals surface area contributed by atoms with Crippen LogP contribution in [0.4, 0.5) is 0 Å². The van der Waals surface area contributed by atoms with Crippen LogP contribution in [0.25, 0.3) is 0 Å². The molecule has 1 aromatic rings. The summed E-state index contributed by atoms with van der Waals surface area (Å²) in [4.78, 5) is 15.1. The van der Waals surface area contributed by atoms with E-state index in [0.29, 0.717) is 6.42 Å². The van der Waals surface area contributed by atoms with Crippen molar-refractivity contribution in [2.45, 2.75) is 70.8 Å². The second-order valence-electron chi connectivity index (χ2n) is 5.13. The number of unbranched alkanes of at least 4 members (excludes halogenated alkanes) is 7. The van der Waals surface area contributed by atoms with E-state index in [2.05, 4.69) is 11.9 Å². The van der Waals surface area contributed by atoms with Crippen molar-refractivity contribution >= 4 is 5.97 Å². The second-order valence-corrected chi connectivity index (χ2v) is 5.13. The number of nitrogens with zero attached hydrogens (tertiary/aromatic N) is 2. The minimum absolute atomic E-state index is 0.456. The van der Waals surface area contributed by atoms with Crippen molar-refractivity contribution < 1.29 is 9.90 Å². The molecule has 1 atom stereocenters. The number of imidazole rings is 1. The average molecular weight is 266 g/mol. The summed E-state index contributed by atoms with van der Waals surface area (Å²) >= 11 is 0. The molecule has 1 aromatic heterocycles. The van der Waals surface area contributed by atoms with E-state index in [0.717, 1.165) is 12.8 Å². The van der Waals surface area contributed by atoms with Crippen LogP contribution >= 0.6 is 0 Å². The third-order valence-corrected chi connectivity index (χ3v) is 3.50. The molecule has 1 heterocycles. The molecule has 0 amide bonds. The van der Waals surface area contributed by atoms with Crippen molar-refractivity contribution in [1.29, 1.82) is 0 Å². The molecule has 1 rings (SSSR count). The van der Waals surface area contributed by atoms with Gasteiger partial charge in [0.1, 0.15) is 6.04 Å². The Hall–Kier alpha value is -1.32. The Morgan fingerprint density at radius 1 is 1.16 bits per heavy atom. The third-order valence-electron chi connectivity index (χ3n) is 3.50. The zero-order chi connectivity index (χ0) is 13.9. The smallest absolute Gasteiger partial charge is 0.326 e. The molecule has 0 bridgehead atoms. The predicted molar refractivity (Wildman–Crippen MR) is 76.1 cm³/mol. The van der Waals surface area contributed by atoms with E-state index in [1.807, 2.05) is 0 Å². The van der Waals surface area contributed by atoms with Gasteiger partial charge < -0.3 is 9.67 Å². The maximum atomic E-state index is 11.2. The SMILES string of the molecule is CCCCCCCCCCC(C(=O)O)n1ccnc1. The highest BCUT2D eigenvalue weighted by atomic mass is 16.4. The van der Waals surface area contributed by atoms with Gasteiger partial charge in [-0.2, -0.15) is 0 Å². The number of carboxylic acids is 1. The first-order valence-electron chi connectivity index (χ1n) is 7.46. The summed E-state index contributed by atoms with van der Waals surface area (Å²) in [6.07, 6.45) is 15.5. The van der Waals surface area contributed by atoms with Gasteiger partial charge in [0.2, 0.25) is 0 Å². The maximum Gasteiger partial charge on any atom is 0.326 e. The van der Waals surface area contributed by atoms with E-state index < -0.39 is 12.0 Å². The molecule has 4 nitrogen and oxygen atoms in total. The molecule has 1 N–H and O–H groups in total. The van der Waals surface area contributed by atoms with Crippen molar-refractivity contribution in [2.24, 2.45) is 0 Å². The largest absolute Gasteiger partial charge is 0.480 e. The topological polar surface area (TPSA) is 55.1 Å². The van der Waals surface area contributed by atoms with E-state index in [1.165, 1.54) is 38.5 Å². The van der Waals surface area contributed by atoms with Crippen molar-refractivity contribution in [3.63, 3.8) is 0 Å². The molecule has 0 aliphatic carbocycles. The quantitative estimate of drug-likeness (QED) is 0.615. The molecule has 0 radical (unpaired) electrons. The van der Waals surface area contributed by atoms with Crippen LogP contribution in [0, 0.1) is 0 Å². The molecule has 4 heteroatoms. The van der Waals surface area contributed by atoms with Crippen LogP contribution in [-0.4, -0.2) is 20.6 Å². The second kappa shape index (κ2) is 9.59. The summed E-state index contributed by atoms with van der Waals surface area (Å²) < 4.78 is 1.68. The number of carboxylic acid groups (broad SMARTS) is 1. The van der Waals surface area contributed by atoms with Crippen LogP contribution in [0.2, 0.25) is 0 Å². The summed E-state index contributed by atoms with van der Waals surface area (Å²) in [6.45, 7) is 2.22. The Kier molecular flexibility index (Phi) is 7.94. The average Bonchev–Trinajstić information content (AvgIpc) is 2.90. The van der Waals surface area contributed by atoms with Gasteiger partial charge in [0.05, 0.1) is 6.33 Å². The van der Waals surface area contributed by atoms with E-state index in [1.54, 1.807) is 23.3 Å². The Morgan fingerprint density at radius 2 is 1.79 bits per heavy atom. The van der Waals surface area contributed by atoms with Gasteiger partial charge in [-0.25, -0.2) is 9.78 Å². The summed E-state index contributed by atoms with van der Waals surface area (Å²) in [6, 6.07) is -0.456. The first-order chi connectivity index (χ1) is 9.25. The van der Waals surface area contributed by atoms with E-state index in [9.17, 15) is 9.90 Å². The lowest BCUT2D eigenvalue weighted by atomic mass is 10.0. The number of aromatic nitrogens is 2. The fourth-order valence-corrected chi connectivity index (χ4v) is 2.33. The van der Waals surface area contributed by atoms with Crippen LogP contribution < -0.4 is 0 Å². The summed E-state index contributed by atoms with van der Waals surface area (Å²) in [7, 11) is 0. The lowest BCUT2D eigenvalue weighted by Crippen LogP contribution is -2.17. The fraction of sp³-hybridized carbons (Fsp3) is 0.733. The number of rotatable bonds is 11. The minimum atomic E-state index is -0.763. The van der Waals surface area contributed by atoms with Crippen LogP contribution in [-0.2, 0) is 4.79 Å². The highest BCUT2D eigenvalue weighted by Crippen LogP contribution is 2.17. The van der Waals surface area contributed by atoms with Gasteiger partial charge >= 0.3 is 5.97 Å². The van der Waals surface area contributed by atoms with Crippen LogP contribution in [0.15, 0.2) is 18.7 Å². The van der Waals surface area contributed by atoms with Crippen LogP contribution in [0.5, 0.6) is 0 Å². The van der Waals surface area contributed by atoms with Crippen molar-refractivity contribution in [1.82, 2.24) is 9.55 Å². The van der Waals surface area contributed by atoms with E-state index in [-0.39, 0.29) is 0 Å². The van der Waals surface area contributed by atoms with E-state index in [4.69, 9.17) is 0 Å². The molecular formula is C15H26N2O2. The molecule has 108 valence electrons. The van der Waals surface area contributed by atoms with Gasteiger partial charge in [0.15, 0.2) is 0 Å². The Morgan fingerprint density at radius 3 is 2.32 bits per heavy atom. The molecule has 0 fully saturated rings. The Balaban J connectivity index is 2.11. The minimum Gasteiger partial charge on any atom is -0.480 e. The molecule has 0 saturated carbocycles. The monoisotopic (exact) mass is 266 g/mol. The third kappa shape index (κ3) is 6.41. The molecule has 0 aliphatic rings. The normalized spacial score (nSPS) is 12.5. The highest BCUT2D eigenvalue weighted by Gasteiger charge is 2.17. The number of hydrogen-bond donors (Lipinski definition) is 1. The van der Waals surface area contributed by atoms with Gasteiger partial charge in [0, 0.05) is 12.4 Å². The Bertz CT molecular complexity index is 336. The van der Waals surface area contributed by atoms with Crippen LogP contribution in [0.3, 0.4) is 0 Å². The van der Waals surface area contributed by atoms with Gasteiger partial charge in [-0.3, -0.25) is 0 Å².